The molecule has 3 aromatic rings. The number of aliphatic hydroxyl groups is 1. The molecule has 0 radical (unpaired) electrons. The number of ether oxygens (including phenoxy) is 1. The maximum Gasteiger partial charge on any atom is 0.149 e. The van der Waals surface area contributed by atoms with Crippen LogP contribution < -0.4 is 4.74 Å². The minimum atomic E-state index is -1.29. The van der Waals surface area contributed by atoms with E-state index >= 15 is 0 Å². The predicted molar refractivity (Wildman–Crippen MR) is 155 cm³/mol. The van der Waals surface area contributed by atoms with Crippen LogP contribution in [0.25, 0.3) is 11.3 Å². The van der Waals surface area contributed by atoms with Crippen molar-refractivity contribution in [3.63, 3.8) is 0 Å². The molecule has 1 aromatic heterocycles. The first-order valence-electron chi connectivity index (χ1n) is 13.5. The second-order valence-corrected chi connectivity index (χ2v) is 12.9. The van der Waals surface area contributed by atoms with Gasteiger partial charge < -0.3 is 15.3 Å². The molecule has 1 saturated carbocycles. The highest BCUT2D eigenvalue weighted by atomic mass is 32.2. The lowest BCUT2D eigenvalue weighted by Gasteiger charge is -2.21. The van der Waals surface area contributed by atoms with Gasteiger partial charge in [-0.2, -0.15) is 0 Å². The number of carbonyl (C=O) groups excluding carboxylic acids is 1. The zero-order valence-corrected chi connectivity index (χ0v) is 23.3. The van der Waals surface area contributed by atoms with E-state index in [4.69, 9.17) is 9.72 Å². The van der Waals surface area contributed by atoms with E-state index in [-0.39, 0.29) is 32.2 Å². The van der Waals surface area contributed by atoms with Crippen molar-refractivity contribution in [2.24, 2.45) is 0 Å². The van der Waals surface area contributed by atoms with E-state index in [2.05, 4.69) is 26.0 Å². The number of aliphatic hydroxyl groups excluding tert-OH is 1. The number of hydrogen-bond donors (Lipinski definition) is 1. The minimum Gasteiger partial charge on any atom is -0.492 e. The molecule has 39 heavy (non-hydrogen) atoms. The number of benzene rings is 2. The highest BCUT2D eigenvalue weighted by molar-refractivity contribution is 7.82. The molecule has 2 fully saturated rings. The molecule has 1 unspecified atom stereocenters. The average molecular weight is 553 g/mol. The van der Waals surface area contributed by atoms with Gasteiger partial charge in [-0.1, -0.05) is 44.2 Å². The van der Waals surface area contributed by atoms with E-state index < -0.39 is 16.4 Å². The summed E-state index contributed by atoms with van der Waals surface area (Å²) in [6.45, 7) is 5.79. The highest BCUT2D eigenvalue weighted by Crippen LogP contribution is 2.51. The molecule has 2 aromatic carbocycles. The first-order valence-corrected chi connectivity index (χ1v) is 14.6. The molecule has 3 heterocycles. The third-order valence-corrected chi connectivity index (χ3v) is 9.96. The predicted octanol–water partition coefficient (Wildman–Crippen LogP) is 4.41. The van der Waals surface area contributed by atoms with Crippen LogP contribution in [0.1, 0.15) is 59.2 Å². The fourth-order valence-corrected chi connectivity index (χ4v) is 7.21. The molecule has 0 amide bonds. The van der Waals surface area contributed by atoms with Crippen LogP contribution in [0.4, 0.5) is 0 Å². The molecule has 0 bridgehead atoms. The lowest BCUT2D eigenvalue weighted by molar-refractivity contribution is -0.120. The van der Waals surface area contributed by atoms with E-state index in [1.165, 1.54) is 5.56 Å². The highest BCUT2D eigenvalue weighted by Gasteiger charge is 2.51. The molecule has 1 saturated heterocycles. The Hall–Kier alpha value is -2.91. The van der Waals surface area contributed by atoms with E-state index in [0.29, 0.717) is 13.0 Å². The Morgan fingerprint density at radius 2 is 1.92 bits per heavy atom. The number of Topliss-reactive ketones (excluding diaryl/α,β-unsaturated/α-hetero) is 1. The first-order chi connectivity index (χ1) is 18.3. The van der Waals surface area contributed by atoms with Crippen LogP contribution in [0.15, 0.2) is 65.6 Å². The van der Waals surface area contributed by atoms with E-state index in [1.54, 1.807) is 0 Å². The van der Waals surface area contributed by atoms with E-state index in [9.17, 15) is 14.1 Å². The van der Waals surface area contributed by atoms with Crippen molar-refractivity contribution >= 4 is 16.8 Å². The number of aromatic nitrogens is 1. The second-order valence-electron chi connectivity index (χ2n) is 11.5. The summed E-state index contributed by atoms with van der Waals surface area (Å²) < 4.78 is 20.7. The number of nitrogens with zero attached hydrogens (tertiary/aromatic N) is 2. The molecule has 3 N–H and O–H groups in total. The Morgan fingerprint density at radius 1 is 1.15 bits per heavy atom. The van der Waals surface area contributed by atoms with Crippen molar-refractivity contribution in [2.45, 2.75) is 67.7 Å². The van der Waals surface area contributed by atoms with Gasteiger partial charge in [0.25, 0.3) is 0 Å². The molecule has 210 valence electrons. The monoisotopic (exact) mass is 552 g/mol. The summed E-state index contributed by atoms with van der Waals surface area (Å²) in [6.07, 6.45) is 3.86. The van der Waals surface area contributed by atoms with Crippen molar-refractivity contribution < 1.29 is 27.2 Å². The van der Waals surface area contributed by atoms with Gasteiger partial charge in [0.15, 0.2) is 0 Å². The van der Waals surface area contributed by atoms with Gasteiger partial charge >= 0.3 is 0 Å². The van der Waals surface area contributed by atoms with Crippen LogP contribution in [-0.2, 0) is 33.0 Å². The molecule has 0 spiro atoms. The van der Waals surface area contributed by atoms with Gasteiger partial charge in [0.2, 0.25) is 0 Å². The summed E-state index contributed by atoms with van der Waals surface area (Å²) >= 11 is 0. The Kier molecular flexibility index (Phi) is 7.50. The first kappa shape index (κ1) is 27.6. The van der Waals surface area contributed by atoms with Gasteiger partial charge in [-0.05, 0) is 61.6 Å². The maximum absolute atomic E-state index is 13.6. The van der Waals surface area contributed by atoms with Crippen molar-refractivity contribution in [1.29, 1.82) is 0 Å². The van der Waals surface area contributed by atoms with Crippen molar-refractivity contribution in [1.82, 2.24) is 9.29 Å². The number of carbonyl (C=O) groups is 1. The van der Waals surface area contributed by atoms with Gasteiger partial charge in [0.1, 0.15) is 22.5 Å². The van der Waals surface area contributed by atoms with Gasteiger partial charge in [0.05, 0.1) is 29.2 Å². The summed E-state index contributed by atoms with van der Waals surface area (Å²) in [7, 11) is -1.29. The quantitative estimate of drug-likeness (QED) is 0.445. The average Bonchev–Trinajstić information content (AvgIpc) is 3.51. The lowest BCUT2D eigenvalue weighted by Crippen LogP contribution is -2.33. The number of fused-ring (bicyclic) bond motifs is 1. The molecule has 7 nitrogen and oxygen atoms in total. The fraction of sp³-hybridized carbons (Fsp3) is 0.419. The van der Waals surface area contributed by atoms with Crippen LogP contribution in [0, 0.1) is 0 Å². The number of hydrogen-bond acceptors (Lipinski definition) is 5. The SMILES string of the molecule is CC1(C)COc2ccc(C3(C(=O)Cc4cccc(-c5ccc(S(=O)N6CCC[C@@H]6CO)cc5)n4)CC3)cc21.O.[HH].[HH]. The van der Waals surface area contributed by atoms with Gasteiger partial charge in [-0.25, -0.2) is 8.51 Å². The van der Waals surface area contributed by atoms with Gasteiger partial charge in [-0.3, -0.25) is 9.78 Å². The van der Waals surface area contributed by atoms with Crippen LogP contribution in [0.3, 0.4) is 0 Å². The number of rotatable bonds is 8. The zero-order chi connectivity index (χ0) is 26.5. The third-order valence-electron chi connectivity index (χ3n) is 8.38. The van der Waals surface area contributed by atoms with Crippen LogP contribution in [0.5, 0.6) is 5.75 Å². The van der Waals surface area contributed by atoms with E-state index in [1.807, 2.05) is 52.8 Å². The largest absolute Gasteiger partial charge is 0.492 e. The fourth-order valence-electron chi connectivity index (χ4n) is 5.83. The van der Waals surface area contributed by atoms with Crippen LogP contribution in [-0.4, -0.2) is 55.7 Å². The second kappa shape index (κ2) is 10.6. The summed E-state index contributed by atoms with van der Waals surface area (Å²) in [5.74, 6) is 1.15. The minimum absolute atomic E-state index is 0. The number of ketones is 1. The number of pyridine rings is 1. The molecule has 6 rings (SSSR count). The van der Waals surface area contributed by atoms with Gasteiger partial charge in [-0.15, -0.1) is 0 Å². The Morgan fingerprint density at radius 3 is 2.64 bits per heavy atom. The molecule has 3 aliphatic rings. The Bertz CT molecular complexity index is 1410. The van der Waals surface area contributed by atoms with Gasteiger partial charge in [0, 0.05) is 44.1 Å². The van der Waals surface area contributed by atoms with Crippen molar-refractivity contribution in [3.8, 4) is 17.0 Å². The molecule has 2 aliphatic heterocycles. The zero-order valence-electron chi connectivity index (χ0n) is 22.5. The standard InChI is InChI=1S/C31H34N2O4S.H2O.2H2/c1-30(2)20-37-28-13-10-22(17-26(28)30)31(14-15-31)29(35)18-23-5-3-7-27(32-23)21-8-11-25(12-9-21)38(36)33-16-4-6-24(33)19-34;;;/h3,5,7-13,17,24,34H,4,6,14-16,18-20H2,1-2H3;1H2;2*1H/t24-,38?;;;/m1.../s1. The molecule has 8 heteroatoms. The molecule has 2 atom stereocenters. The topological polar surface area (TPSA) is 111 Å². The summed E-state index contributed by atoms with van der Waals surface area (Å²) in [4.78, 5) is 19.1. The van der Waals surface area contributed by atoms with E-state index in [0.717, 1.165) is 65.4 Å². The molecular weight excluding hydrogens is 512 g/mol. The molecular formula is C31H40N2O5S. The normalized spacial score (nSPS) is 21.5. The maximum atomic E-state index is 13.6. The third kappa shape index (κ3) is 5.07. The summed E-state index contributed by atoms with van der Waals surface area (Å²) in [5.41, 5.74) is 4.30. The van der Waals surface area contributed by atoms with Crippen LogP contribution >= 0.6 is 0 Å². The van der Waals surface area contributed by atoms with Crippen molar-refractivity contribution in [3.05, 3.63) is 77.5 Å². The van der Waals surface area contributed by atoms with Crippen molar-refractivity contribution in [2.75, 3.05) is 19.8 Å². The lowest BCUT2D eigenvalue weighted by atomic mass is 9.82. The smallest absolute Gasteiger partial charge is 0.149 e. The summed E-state index contributed by atoms with van der Waals surface area (Å²) in [6, 6.07) is 19.6. The molecule has 1 aliphatic carbocycles. The Labute approximate surface area is 235 Å². The van der Waals surface area contributed by atoms with Crippen LogP contribution in [0.2, 0.25) is 0 Å². The Balaban J connectivity index is 0.00000154. The summed E-state index contributed by atoms with van der Waals surface area (Å²) in [5, 5.41) is 9.58.